The molecule has 0 saturated carbocycles. The predicted octanol–water partition coefficient (Wildman–Crippen LogP) is 2.88. The summed E-state index contributed by atoms with van der Waals surface area (Å²) in [5, 5.41) is 0. The van der Waals surface area contributed by atoms with Gasteiger partial charge in [0, 0.05) is 0 Å². The number of rotatable bonds is 0. The van der Waals surface area contributed by atoms with Crippen LogP contribution in [0, 0.1) is 12.6 Å². The van der Waals surface area contributed by atoms with Crippen LogP contribution in [-0.2, 0) is 0 Å². The number of hydrogen-bond acceptors (Lipinski definition) is 0. The normalized spacial score (nSPS) is 8.60. The van der Waals surface area contributed by atoms with Crippen LogP contribution < -0.4 is 0 Å². The Labute approximate surface area is 63.4 Å². The Kier molecular flexibility index (Phi) is 2.68. The molecule has 0 aromatic heterocycles. The van der Waals surface area contributed by atoms with E-state index in [2.05, 4.69) is 43.5 Å². The van der Waals surface area contributed by atoms with Gasteiger partial charge in [0.15, 0.2) is 0 Å². The summed E-state index contributed by atoms with van der Waals surface area (Å²) < 4.78 is 0. The van der Waals surface area contributed by atoms with Crippen molar-refractivity contribution in [2.75, 3.05) is 6.66 Å². The van der Waals surface area contributed by atoms with Crippen LogP contribution in [0.1, 0.15) is 11.1 Å². The molecule has 1 heteroatoms. The molecular weight excluding hydrogens is 139 g/mol. The zero-order valence-corrected chi connectivity index (χ0v) is 7.15. The van der Waals surface area contributed by atoms with Gasteiger partial charge in [0.05, 0.1) is 0 Å². The first-order valence-electron chi connectivity index (χ1n) is 3.24. The van der Waals surface area contributed by atoms with E-state index in [9.17, 15) is 0 Å². The van der Waals surface area contributed by atoms with Crippen molar-refractivity contribution in [2.24, 2.45) is 0 Å². The molecule has 0 amide bonds. The van der Waals surface area contributed by atoms with Crippen LogP contribution in [0.25, 0.3) is 0 Å². The molecule has 0 spiro atoms. The molecule has 0 aliphatic heterocycles. The standard InChI is InChI=1S/C9H10P/c1-8-3-5-9(6-4-8)7-10-2/h3-6H,1-2H3/q+1. The summed E-state index contributed by atoms with van der Waals surface area (Å²) in [6, 6.07) is 8.39. The van der Waals surface area contributed by atoms with Gasteiger partial charge in [0.25, 0.3) is 0 Å². The van der Waals surface area contributed by atoms with E-state index in [1.807, 2.05) is 0 Å². The first kappa shape index (κ1) is 7.54. The topological polar surface area (TPSA) is 0 Å². The van der Waals surface area contributed by atoms with Crippen molar-refractivity contribution in [3.05, 3.63) is 35.4 Å². The second-order valence-electron chi connectivity index (χ2n) is 2.20. The van der Waals surface area contributed by atoms with Gasteiger partial charge in [-0.3, -0.25) is 0 Å². The molecule has 1 aromatic rings. The summed E-state index contributed by atoms with van der Waals surface area (Å²) in [5.41, 5.74) is 5.70. The van der Waals surface area contributed by atoms with Crippen molar-refractivity contribution in [3.63, 3.8) is 0 Å². The third-order valence-corrected chi connectivity index (χ3v) is 1.77. The Morgan fingerprint density at radius 1 is 1.20 bits per heavy atom. The summed E-state index contributed by atoms with van der Waals surface area (Å²) in [6.07, 6.45) is 0. The molecule has 0 saturated heterocycles. The summed E-state index contributed by atoms with van der Waals surface area (Å²) in [4.78, 5) is 0. The average molecular weight is 149 g/mol. The maximum absolute atomic E-state index is 3.21. The summed E-state index contributed by atoms with van der Waals surface area (Å²) >= 11 is 0. The Morgan fingerprint density at radius 2 is 1.80 bits per heavy atom. The molecule has 0 N–H and O–H groups in total. The number of hydrogen-bond donors (Lipinski definition) is 0. The Morgan fingerprint density at radius 3 is 2.30 bits per heavy atom. The molecule has 10 heavy (non-hydrogen) atoms. The monoisotopic (exact) mass is 149 g/mol. The zero-order chi connectivity index (χ0) is 7.40. The van der Waals surface area contributed by atoms with Crippen molar-refractivity contribution >= 4 is 8.04 Å². The van der Waals surface area contributed by atoms with Gasteiger partial charge in [-0.1, -0.05) is 0 Å². The molecule has 0 unspecified atom stereocenters. The minimum absolute atomic E-state index is 1.19. The first-order chi connectivity index (χ1) is 4.83. The SMILES string of the molecule is C[P+]#Cc1ccc(C)cc1. The molecule has 1 rings (SSSR count). The van der Waals surface area contributed by atoms with Crippen LogP contribution in [0.4, 0.5) is 0 Å². The molecule has 0 radical (unpaired) electrons. The number of aryl methyl sites for hydroxylation is 1. The van der Waals surface area contributed by atoms with E-state index in [1.165, 1.54) is 19.2 Å². The van der Waals surface area contributed by atoms with Gasteiger partial charge in [-0.25, -0.2) is 0 Å². The summed E-state index contributed by atoms with van der Waals surface area (Å²) in [6.45, 7) is 4.16. The van der Waals surface area contributed by atoms with E-state index in [0.717, 1.165) is 0 Å². The second kappa shape index (κ2) is 3.56. The van der Waals surface area contributed by atoms with Crippen LogP contribution in [0.3, 0.4) is 0 Å². The minimum atomic E-state index is 1.19. The van der Waals surface area contributed by atoms with E-state index in [0.29, 0.717) is 0 Å². The Balaban J connectivity index is 2.97. The summed E-state index contributed by atoms with van der Waals surface area (Å²) in [7, 11) is 1.20. The molecule has 0 aliphatic rings. The molecule has 0 nitrogen and oxygen atoms in total. The van der Waals surface area contributed by atoms with Gasteiger partial charge in [-0.05, 0) is 0 Å². The number of benzene rings is 1. The van der Waals surface area contributed by atoms with E-state index >= 15 is 0 Å². The van der Waals surface area contributed by atoms with Crippen molar-refractivity contribution in [1.29, 1.82) is 0 Å². The zero-order valence-electron chi connectivity index (χ0n) is 6.26. The first-order valence-corrected chi connectivity index (χ1v) is 4.58. The second-order valence-corrected chi connectivity index (χ2v) is 2.87. The van der Waals surface area contributed by atoms with E-state index in [4.69, 9.17) is 0 Å². The summed E-state index contributed by atoms with van der Waals surface area (Å²) in [5.74, 6) is 0. The van der Waals surface area contributed by atoms with E-state index in [1.54, 1.807) is 0 Å². The molecule has 0 aliphatic carbocycles. The average Bonchev–Trinajstić information content (AvgIpc) is 1.95. The van der Waals surface area contributed by atoms with Gasteiger partial charge in [0.1, 0.15) is 0 Å². The van der Waals surface area contributed by atoms with E-state index in [-0.39, 0.29) is 0 Å². The van der Waals surface area contributed by atoms with Crippen LogP contribution in [-0.4, -0.2) is 6.66 Å². The Hall–Kier alpha value is -0.570. The van der Waals surface area contributed by atoms with Gasteiger partial charge < -0.3 is 0 Å². The van der Waals surface area contributed by atoms with Gasteiger partial charge >= 0.3 is 62.6 Å². The fraction of sp³-hybridized carbons (Fsp3) is 0.222. The van der Waals surface area contributed by atoms with Crippen molar-refractivity contribution in [1.82, 2.24) is 0 Å². The fourth-order valence-electron chi connectivity index (χ4n) is 0.757. The Bertz CT molecular complexity index is 261. The fourth-order valence-corrected chi connectivity index (χ4v) is 1.16. The molecule has 0 fully saturated rings. The molecule has 0 heterocycles. The maximum atomic E-state index is 3.21. The van der Waals surface area contributed by atoms with Gasteiger partial charge in [-0.15, -0.1) is 0 Å². The van der Waals surface area contributed by atoms with Crippen LogP contribution in [0.5, 0.6) is 0 Å². The van der Waals surface area contributed by atoms with Crippen molar-refractivity contribution in [2.45, 2.75) is 6.92 Å². The van der Waals surface area contributed by atoms with Crippen LogP contribution in [0.15, 0.2) is 24.3 Å². The van der Waals surface area contributed by atoms with Crippen LogP contribution in [0.2, 0.25) is 0 Å². The van der Waals surface area contributed by atoms with Crippen LogP contribution >= 0.6 is 8.04 Å². The quantitative estimate of drug-likeness (QED) is 0.497. The third kappa shape index (κ3) is 1.99. The predicted molar refractivity (Wildman–Crippen MR) is 47.0 cm³/mol. The third-order valence-electron chi connectivity index (χ3n) is 1.29. The molecule has 50 valence electrons. The van der Waals surface area contributed by atoms with Gasteiger partial charge in [0.2, 0.25) is 0 Å². The molecule has 0 bridgehead atoms. The van der Waals surface area contributed by atoms with Crippen molar-refractivity contribution in [3.8, 4) is 5.63 Å². The van der Waals surface area contributed by atoms with E-state index < -0.39 is 0 Å². The molecule has 1 aromatic carbocycles. The molecule has 0 atom stereocenters. The molecular formula is C9H10P+. The van der Waals surface area contributed by atoms with Gasteiger partial charge in [-0.2, -0.15) is 0 Å². The van der Waals surface area contributed by atoms with Crippen molar-refractivity contribution < 1.29 is 0 Å².